The van der Waals surface area contributed by atoms with E-state index in [4.69, 9.17) is 62.8 Å². The van der Waals surface area contributed by atoms with Crippen LogP contribution in [-0.2, 0) is 28.4 Å². The molecule has 19 atom stereocenters. The van der Waals surface area contributed by atoms with Crippen LogP contribution in [0, 0.1) is 0 Å². The number of ether oxygens (including phenoxy) is 6. The Morgan fingerprint density at radius 2 is 1.29 bits per heavy atom. The summed E-state index contributed by atoms with van der Waals surface area (Å²) in [5.41, 5.74) is 36.2. The van der Waals surface area contributed by atoms with Gasteiger partial charge in [0.1, 0.15) is 48.8 Å². The van der Waals surface area contributed by atoms with E-state index in [1.807, 2.05) is 0 Å². The first-order chi connectivity index (χ1) is 19.8. The molecule has 4 rings (SSSR count). The maximum Gasteiger partial charge on any atom is 0.187 e. The highest BCUT2D eigenvalue weighted by Gasteiger charge is 2.54. The van der Waals surface area contributed by atoms with E-state index in [-0.39, 0.29) is 19.4 Å². The highest BCUT2D eigenvalue weighted by molar-refractivity contribution is 5.01. The first-order valence-corrected chi connectivity index (χ1v) is 14.2. The molecule has 0 aromatic heterocycles. The molecule has 0 radical (unpaired) electrons. The molecule has 4 aliphatic rings. The Morgan fingerprint density at radius 3 is 1.90 bits per heavy atom. The molecule has 3 saturated heterocycles. The number of hydrogen-bond acceptors (Lipinski definition) is 18. The van der Waals surface area contributed by atoms with Gasteiger partial charge in [-0.05, 0) is 13.3 Å². The molecule has 18 heteroatoms. The highest BCUT2D eigenvalue weighted by Crippen LogP contribution is 2.34. The molecular weight excluding hydrogens is 564 g/mol. The van der Waals surface area contributed by atoms with Crippen molar-refractivity contribution in [2.24, 2.45) is 34.4 Å². The van der Waals surface area contributed by atoms with Crippen LogP contribution in [0.15, 0.2) is 0 Å². The molecule has 18 nitrogen and oxygen atoms in total. The van der Waals surface area contributed by atoms with Gasteiger partial charge in [0, 0.05) is 31.1 Å². The average Bonchev–Trinajstić information content (AvgIpc) is 3.24. The zero-order valence-electron chi connectivity index (χ0n) is 23.4. The molecule has 0 amide bonds. The third-order valence-corrected chi connectivity index (χ3v) is 8.52. The second-order valence-electron chi connectivity index (χ2n) is 11.7. The van der Waals surface area contributed by atoms with Gasteiger partial charge in [0.25, 0.3) is 0 Å². The highest BCUT2D eigenvalue weighted by atomic mass is 16.8. The summed E-state index contributed by atoms with van der Waals surface area (Å²) in [7, 11) is 0. The van der Waals surface area contributed by atoms with Gasteiger partial charge in [-0.25, -0.2) is 0 Å². The fourth-order valence-electron chi connectivity index (χ4n) is 5.83. The molecule has 0 aromatic carbocycles. The third kappa shape index (κ3) is 6.91. The van der Waals surface area contributed by atoms with Gasteiger partial charge >= 0.3 is 0 Å². The van der Waals surface area contributed by atoms with Crippen LogP contribution in [0.2, 0.25) is 0 Å². The van der Waals surface area contributed by atoms with E-state index < -0.39 is 123 Å². The Hall–Kier alpha value is -0.720. The molecule has 246 valence electrons. The predicted molar refractivity (Wildman–Crippen MR) is 142 cm³/mol. The zero-order valence-corrected chi connectivity index (χ0v) is 23.4. The molecule has 3 aliphatic heterocycles. The van der Waals surface area contributed by atoms with Gasteiger partial charge in [0.15, 0.2) is 18.9 Å². The number of rotatable bonds is 9. The summed E-state index contributed by atoms with van der Waals surface area (Å²) in [5, 5.41) is 63.0. The Kier molecular flexibility index (Phi) is 11.5. The minimum Gasteiger partial charge on any atom is -0.394 e. The average molecular weight is 613 g/mol. The van der Waals surface area contributed by atoms with Crippen molar-refractivity contribution in [3.63, 3.8) is 0 Å². The monoisotopic (exact) mass is 612 g/mol. The smallest absolute Gasteiger partial charge is 0.187 e. The van der Waals surface area contributed by atoms with Crippen LogP contribution >= 0.6 is 0 Å². The van der Waals surface area contributed by atoms with Crippen LogP contribution in [-0.4, -0.2) is 160 Å². The van der Waals surface area contributed by atoms with Crippen molar-refractivity contribution >= 4 is 0 Å². The summed E-state index contributed by atoms with van der Waals surface area (Å²) < 4.78 is 35.1. The van der Waals surface area contributed by atoms with Crippen LogP contribution in [0.5, 0.6) is 0 Å². The van der Waals surface area contributed by atoms with E-state index in [0.717, 1.165) is 0 Å². The third-order valence-electron chi connectivity index (χ3n) is 8.52. The molecule has 0 unspecified atom stereocenters. The predicted octanol–water partition coefficient (Wildman–Crippen LogP) is -7.48. The molecule has 0 bridgehead atoms. The molecule has 1 aliphatic carbocycles. The van der Waals surface area contributed by atoms with Crippen molar-refractivity contribution in [1.82, 2.24) is 0 Å². The largest absolute Gasteiger partial charge is 0.394 e. The van der Waals surface area contributed by atoms with Crippen molar-refractivity contribution in [2.45, 2.75) is 136 Å². The lowest BCUT2D eigenvalue weighted by Gasteiger charge is -2.46. The number of aliphatic hydroxyl groups is 6. The fourth-order valence-corrected chi connectivity index (χ4v) is 5.83. The summed E-state index contributed by atoms with van der Waals surface area (Å²) >= 11 is 0. The number of aliphatic hydroxyl groups excluding tert-OH is 6. The molecule has 42 heavy (non-hydrogen) atoms. The fraction of sp³-hybridized carbons (Fsp3) is 1.00. The van der Waals surface area contributed by atoms with E-state index in [0.29, 0.717) is 0 Å². The molecule has 0 spiro atoms. The summed E-state index contributed by atoms with van der Waals surface area (Å²) in [6.07, 6.45) is -16.7. The number of hydrogen-bond donors (Lipinski definition) is 12. The van der Waals surface area contributed by atoms with Crippen molar-refractivity contribution < 1.29 is 59.1 Å². The first-order valence-electron chi connectivity index (χ1n) is 14.2. The second-order valence-corrected chi connectivity index (χ2v) is 11.7. The van der Waals surface area contributed by atoms with Crippen molar-refractivity contribution in [2.75, 3.05) is 13.2 Å². The van der Waals surface area contributed by atoms with Crippen LogP contribution in [0.25, 0.3) is 0 Å². The van der Waals surface area contributed by atoms with E-state index in [9.17, 15) is 30.6 Å². The summed E-state index contributed by atoms with van der Waals surface area (Å²) in [6, 6.07) is -4.24. The first kappa shape index (κ1) is 34.2. The normalized spacial score (nSPS) is 52.8. The lowest BCUT2D eigenvalue weighted by atomic mass is 9.84. The minimum atomic E-state index is -1.57. The van der Waals surface area contributed by atoms with Gasteiger partial charge < -0.3 is 93.5 Å². The van der Waals surface area contributed by atoms with Crippen molar-refractivity contribution in [3.8, 4) is 0 Å². The van der Waals surface area contributed by atoms with E-state index in [1.165, 1.54) is 0 Å². The molecule has 0 aromatic rings. The minimum absolute atomic E-state index is 0.138. The van der Waals surface area contributed by atoms with Crippen molar-refractivity contribution in [1.29, 1.82) is 0 Å². The van der Waals surface area contributed by atoms with E-state index >= 15 is 0 Å². The standard InChI is InChI=1S/C24H48N6O12/c1-6(26)10-3-9(32)13(29)22(37-10)40-19-8(28)2-7(27)15(33)21(19)42-24-18(36)20(12(5-31)39-24)41-23-14(30)17(35)16(34)11(4-25)38-23/h6-24,31-36H,2-5,25-30H2,1H3/t6-,7+,8-,9+,10-,11-,12+,13+,14+,15-,16+,17+,18+,19+,20+,21+,22+,23+,24-/m0/s1. The number of nitrogens with two attached hydrogens (primary N) is 6. The van der Waals surface area contributed by atoms with Crippen LogP contribution in [0.1, 0.15) is 19.8 Å². The maximum absolute atomic E-state index is 11.1. The molecule has 4 fully saturated rings. The summed E-state index contributed by atoms with van der Waals surface area (Å²) in [5.74, 6) is 0. The van der Waals surface area contributed by atoms with Crippen molar-refractivity contribution in [3.05, 3.63) is 0 Å². The van der Waals surface area contributed by atoms with Crippen LogP contribution in [0.3, 0.4) is 0 Å². The maximum atomic E-state index is 11.1. The Morgan fingerprint density at radius 1 is 0.690 bits per heavy atom. The summed E-state index contributed by atoms with van der Waals surface area (Å²) in [6.45, 7) is 0.940. The Balaban J connectivity index is 1.49. The molecule has 3 heterocycles. The molecular formula is C24H48N6O12. The van der Waals surface area contributed by atoms with E-state index in [1.54, 1.807) is 6.92 Å². The molecule has 1 saturated carbocycles. The lowest BCUT2D eigenvalue weighted by molar-refractivity contribution is -0.296. The SMILES string of the molecule is C[C@H](N)[C@@H]1C[C@@H](O)[C@@H](N)[C@@H](O[C@H]2[C@H](O[C@@H]3O[C@H](CO)[C@@H](O[C@H]4O[C@@H](CN)[C@@H](O)[C@H](O)[C@H]4N)[C@H]3O)[C@@H](O)[C@H](N)C[C@@H]2N)O1. The second kappa shape index (κ2) is 14.1. The van der Waals surface area contributed by atoms with Gasteiger partial charge in [-0.15, -0.1) is 0 Å². The Labute approximate surface area is 243 Å². The van der Waals surface area contributed by atoms with Gasteiger partial charge in [-0.3, -0.25) is 0 Å². The molecule has 18 N–H and O–H groups in total. The summed E-state index contributed by atoms with van der Waals surface area (Å²) in [4.78, 5) is 0. The van der Waals surface area contributed by atoms with Crippen LogP contribution in [0.4, 0.5) is 0 Å². The van der Waals surface area contributed by atoms with Gasteiger partial charge in [0.2, 0.25) is 0 Å². The lowest BCUT2D eigenvalue weighted by Crippen LogP contribution is -2.66. The zero-order chi connectivity index (χ0) is 31.0. The topological polar surface area (TPSA) is 333 Å². The van der Waals surface area contributed by atoms with Gasteiger partial charge in [-0.1, -0.05) is 0 Å². The quantitative estimate of drug-likeness (QED) is 0.115. The van der Waals surface area contributed by atoms with Gasteiger partial charge in [-0.2, -0.15) is 0 Å². The Bertz CT molecular complexity index is 867. The van der Waals surface area contributed by atoms with Crippen LogP contribution < -0.4 is 34.4 Å². The van der Waals surface area contributed by atoms with Gasteiger partial charge in [0.05, 0.1) is 37.0 Å². The van der Waals surface area contributed by atoms with E-state index in [2.05, 4.69) is 0 Å².